The second kappa shape index (κ2) is 5.21. The highest BCUT2D eigenvalue weighted by molar-refractivity contribution is 7.05. The lowest BCUT2D eigenvalue weighted by molar-refractivity contribution is -0.124. The number of aryl methyl sites for hydroxylation is 1. The second-order valence-corrected chi connectivity index (χ2v) is 4.87. The van der Waals surface area contributed by atoms with Crippen molar-refractivity contribution in [2.45, 2.75) is 26.3 Å². The van der Waals surface area contributed by atoms with E-state index in [0.717, 1.165) is 10.6 Å². The molecule has 0 aromatic carbocycles. The molecule has 2 amide bonds. The number of hydrazone groups is 1. The lowest BCUT2D eigenvalue weighted by Gasteiger charge is -2.19. The second-order valence-electron chi connectivity index (χ2n) is 4.04. The first-order chi connectivity index (χ1) is 8.58. The van der Waals surface area contributed by atoms with Crippen molar-refractivity contribution in [2.24, 2.45) is 5.10 Å². The lowest BCUT2D eigenvalue weighted by atomic mass is 10.1. The molecular formula is C10H13N5O2S. The number of hydrogen-bond acceptors (Lipinski definition) is 6. The SMILES string of the molecule is Cc1nnsc1CN(C)C(=O)C1=NNC(=O)CC1. The normalized spacial score (nSPS) is 15.0. The average Bonchev–Trinajstić information content (AvgIpc) is 2.75. The van der Waals surface area contributed by atoms with Crippen LogP contribution in [0.25, 0.3) is 0 Å². The van der Waals surface area contributed by atoms with E-state index in [-0.39, 0.29) is 11.8 Å². The Balaban J connectivity index is 2.01. The third kappa shape index (κ3) is 2.70. The third-order valence-corrected chi connectivity index (χ3v) is 3.43. The molecule has 1 aliphatic rings. The summed E-state index contributed by atoms with van der Waals surface area (Å²) < 4.78 is 3.82. The molecule has 96 valence electrons. The number of nitrogens with zero attached hydrogens (tertiary/aromatic N) is 4. The van der Waals surface area contributed by atoms with Gasteiger partial charge in [-0.15, -0.1) is 5.10 Å². The monoisotopic (exact) mass is 267 g/mol. The Hall–Kier alpha value is -1.83. The van der Waals surface area contributed by atoms with Crippen LogP contribution in [0.4, 0.5) is 0 Å². The van der Waals surface area contributed by atoms with Gasteiger partial charge < -0.3 is 4.90 Å². The molecule has 0 saturated heterocycles. The molecule has 0 fully saturated rings. The summed E-state index contributed by atoms with van der Waals surface area (Å²) in [4.78, 5) is 25.5. The molecule has 0 saturated carbocycles. The van der Waals surface area contributed by atoms with Crippen molar-refractivity contribution in [2.75, 3.05) is 7.05 Å². The van der Waals surface area contributed by atoms with E-state index in [1.165, 1.54) is 11.5 Å². The molecule has 1 aliphatic heterocycles. The standard InChI is InChI=1S/C10H13N5O2S/c1-6-8(18-14-11-6)5-15(2)10(17)7-3-4-9(16)13-12-7/h3-5H2,1-2H3,(H,13,16). The number of aromatic nitrogens is 2. The van der Waals surface area contributed by atoms with Gasteiger partial charge in [0.25, 0.3) is 5.91 Å². The van der Waals surface area contributed by atoms with Crippen LogP contribution in [-0.4, -0.2) is 39.1 Å². The lowest BCUT2D eigenvalue weighted by Crippen LogP contribution is -2.37. The minimum absolute atomic E-state index is 0.156. The highest BCUT2D eigenvalue weighted by Gasteiger charge is 2.22. The molecule has 1 aromatic rings. The highest BCUT2D eigenvalue weighted by atomic mass is 32.1. The number of amides is 2. The summed E-state index contributed by atoms with van der Waals surface area (Å²) in [6, 6.07) is 0. The van der Waals surface area contributed by atoms with Gasteiger partial charge in [0.2, 0.25) is 5.91 Å². The van der Waals surface area contributed by atoms with Gasteiger partial charge in [0.05, 0.1) is 17.1 Å². The molecule has 2 rings (SSSR count). The predicted octanol–water partition coefficient (Wildman–Crippen LogP) is 0.0709. The van der Waals surface area contributed by atoms with Gasteiger partial charge in [-0.2, -0.15) is 5.10 Å². The minimum atomic E-state index is -0.178. The molecule has 0 spiro atoms. The first kappa shape index (κ1) is 12.6. The van der Waals surface area contributed by atoms with Crippen molar-refractivity contribution in [1.82, 2.24) is 19.9 Å². The highest BCUT2D eigenvalue weighted by Crippen LogP contribution is 2.12. The van der Waals surface area contributed by atoms with Gasteiger partial charge in [-0.25, -0.2) is 5.43 Å². The number of carbonyl (C=O) groups excluding carboxylic acids is 2. The predicted molar refractivity (Wildman–Crippen MR) is 65.9 cm³/mol. The smallest absolute Gasteiger partial charge is 0.270 e. The van der Waals surface area contributed by atoms with Gasteiger partial charge in [0, 0.05) is 19.9 Å². The largest absolute Gasteiger partial charge is 0.335 e. The van der Waals surface area contributed by atoms with Crippen LogP contribution >= 0.6 is 11.5 Å². The van der Waals surface area contributed by atoms with Crippen molar-refractivity contribution in [3.63, 3.8) is 0 Å². The number of hydrogen-bond donors (Lipinski definition) is 1. The third-order valence-electron chi connectivity index (χ3n) is 2.62. The van der Waals surface area contributed by atoms with E-state index in [2.05, 4.69) is 20.1 Å². The van der Waals surface area contributed by atoms with Crippen molar-refractivity contribution in [3.8, 4) is 0 Å². The van der Waals surface area contributed by atoms with Crippen LogP contribution in [-0.2, 0) is 16.1 Å². The maximum Gasteiger partial charge on any atom is 0.270 e. The zero-order valence-corrected chi connectivity index (χ0v) is 11.0. The fraction of sp³-hybridized carbons (Fsp3) is 0.500. The molecule has 18 heavy (non-hydrogen) atoms. The number of carbonyl (C=O) groups is 2. The number of rotatable bonds is 3. The quantitative estimate of drug-likeness (QED) is 0.839. The Bertz CT molecular complexity index is 510. The van der Waals surface area contributed by atoms with E-state index < -0.39 is 0 Å². The number of nitrogens with one attached hydrogen (secondary N) is 1. The summed E-state index contributed by atoms with van der Waals surface area (Å²) in [5.74, 6) is -0.334. The molecule has 0 aliphatic carbocycles. The topological polar surface area (TPSA) is 87.6 Å². The average molecular weight is 267 g/mol. The van der Waals surface area contributed by atoms with Gasteiger partial charge in [-0.05, 0) is 18.5 Å². The van der Waals surface area contributed by atoms with E-state index >= 15 is 0 Å². The fourth-order valence-corrected chi connectivity index (χ4v) is 2.22. The molecule has 0 unspecified atom stereocenters. The molecule has 0 bridgehead atoms. The molecule has 2 heterocycles. The molecule has 0 atom stereocenters. The van der Waals surface area contributed by atoms with Crippen LogP contribution in [0.5, 0.6) is 0 Å². The van der Waals surface area contributed by atoms with E-state index in [9.17, 15) is 9.59 Å². The summed E-state index contributed by atoms with van der Waals surface area (Å²) >= 11 is 1.28. The molecule has 7 nitrogen and oxygen atoms in total. The Labute approximate surface area is 108 Å². The van der Waals surface area contributed by atoms with Gasteiger partial charge >= 0.3 is 0 Å². The first-order valence-electron chi connectivity index (χ1n) is 5.46. The van der Waals surface area contributed by atoms with Gasteiger partial charge in [-0.1, -0.05) is 4.49 Å². The first-order valence-corrected chi connectivity index (χ1v) is 6.24. The van der Waals surface area contributed by atoms with Gasteiger partial charge in [-0.3, -0.25) is 9.59 Å². The van der Waals surface area contributed by atoms with E-state index in [0.29, 0.717) is 25.1 Å². The van der Waals surface area contributed by atoms with Gasteiger partial charge in [0.1, 0.15) is 5.71 Å². The van der Waals surface area contributed by atoms with Crippen LogP contribution in [0.3, 0.4) is 0 Å². The van der Waals surface area contributed by atoms with Crippen molar-refractivity contribution >= 4 is 29.1 Å². The Morgan fingerprint density at radius 1 is 1.50 bits per heavy atom. The van der Waals surface area contributed by atoms with E-state index in [1.807, 2.05) is 6.92 Å². The Morgan fingerprint density at radius 2 is 2.28 bits per heavy atom. The molecular weight excluding hydrogens is 254 g/mol. The van der Waals surface area contributed by atoms with Crippen molar-refractivity contribution < 1.29 is 9.59 Å². The Morgan fingerprint density at radius 3 is 2.83 bits per heavy atom. The zero-order valence-electron chi connectivity index (χ0n) is 10.1. The van der Waals surface area contributed by atoms with Gasteiger partial charge in [0.15, 0.2) is 0 Å². The maximum absolute atomic E-state index is 12.0. The van der Waals surface area contributed by atoms with E-state index in [1.54, 1.807) is 11.9 Å². The minimum Gasteiger partial charge on any atom is -0.335 e. The Kier molecular flexibility index (Phi) is 3.66. The summed E-state index contributed by atoms with van der Waals surface area (Å²) in [5.41, 5.74) is 3.53. The summed E-state index contributed by atoms with van der Waals surface area (Å²) in [5, 5.41) is 7.68. The van der Waals surface area contributed by atoms with E-state index in [4.69, 9.17) is 0 Å². The molecule has 1 aromatic heterocycles. The molecule has 0 radical (unpaired) electrons. The van der Waals surface area contributed by atoms with Crippen LogP contribution < -0.4 is 5.43 Å². The van der Waals surface area contributed by atoms with Crippen molar-refractivity contribution in [3.05, 3.63) is 10.6 Å². The van der Waals surface area contributed by atoms with Crippen LogP contribution in [0.2, 0.25) is 0 Å². The summed E-state index contributed by atoms with van der Waals surface area (Å²) in [7, 11) is 1.69. The summed E-state index contributed by atoms with van der Waals surface area (Å²) in [6.07, 6.45) is 0.689. The fourth-order valence-electron chi connectivity index (χ4n) is 1.53. The van der Waals surface area contributed by atoms with Crippen LogP contribution in [0, 0.1) is 6.92 Å². The molecule has 1 N–H and O–H groups in total. The van der Waals surface area contributed by atoms with Crippen LogP contribution in [0.15, 0.2) is 5.10 Å². The van der Waals surface area contributed by atoms with Crippen LogP contribution in [0.1, 0.15) is 23.4 Å². The molecule has 8 heteroatoms. The van der Waals surface area contributed by atoms with Crippen molar-refractivity contribution in [1.29, 1.82) is 0 Å². The summed E-state index contributed by atoms with van der Waals surface area (Å²) in [6.45, 7) is 2.31. The maximum atomic E-state index is 12.0. The zero-order chi connectivity index (χ0) is 13.1.